The van der Waals surface area contributed by atoms with Crippen LogP contribution >= 0.6 is 11.6 Å². The number of benzene rings is 2. The lowest BCUT2D eigenvalue weighted by Gasteiger charge is -2.41. The highest BCUT2D eigenvalue weighted by molar-refractivity contribution is 6.34. The summed E-state index contributed by atoms with van der Waals surface area (Å²) in [5.74, 6) is 0.216. The van der Waals surface area contributed by atoms with Crippen LogP contribution in [-0.2, 0) is 7.05 Å². The second-order valence-electron chi connectivity index (χ2n) is 8.64. The number of fused-ring (bicyclic) bond motifs is 1. The normalized spacial score (nSPS) is 15.4. The van der Waals surface area contributed by atoms with E-state index in [1.165, 1.54) is 16.7 Å². The van der Waals surface area contributed by atoms with Gasteiger partial charge < -0.3 is 14.2 Å². The Morgan fingerprint density at radius 1 is 0.943 bits per heavy atom. The molecule has 2 aromatic carbocycles. The quantitative estimate of drug-likeness (QED) is 0.406. The molecule has 0 aliphatic carbocycles. The second-order valence-corrected chi connectivity index (χ2v) is 9.01. The molecule has 0 spiro atoms. The van der Waals surface area contributed by atoms with Gasteiger partial charge in [-0.3, -0.25) is 9.69 Å². The molecule has 1 atom stereocenters. The van der Waals surface area contributed by atoms with E-state index in [1.54, 1.807) is 20.2 Å². The molecule has 1 aliphatic rings. The van der Waals surface area contributed by atoms with Gasteiger partial charge in [-0.25, -0.2) is 9.37 Å². The third-order valence-corrected chi connectivity index (χ3v) is 6.98. The van der Waals surface area contributed by atoms with E-state index < -0.39 is 0 Å². The highest BCUT2D eigenvalue weighted by Crippen LogP contribution is 2.35. The van der Waals surface area contributed by atoms with E-state index in [0.29, 0.717) is 35.7 Å². The summed E-state index contributed by atoms with van der Waals surface area (Å²) in [6.45, 7) is 2.78. The number of aromatic nitrogens is 2. The van der Waals surface area contributed by atoms with Gasteiger partial charge in [0.25, 0.3) is 5.56 Å². The summed E-state index contributed by atoms with van der Waals surface area (Å²) in [5, 5.41) is 0.160. The Morgan fingerprint density at radius 2 is 1.60 bits per heavy atom. The van der Waals surface area contributed by atoms with Crippen LogP contribution in [0.15, 0.2) is 71.5 Å². The molecule has 1 aliphatic heterocycles. The van der Waals surface area contributed by atoms with Crippen LogP contribution in [0.5, 0.6) is 5.88 Å². The summed E-state index contributed by atoms with van der Waals surface area (Å²) < 4.78 is 20.5. The number of halogens is 2. The van der Waals surface area contributed by atoms with Crippen LogP contribution in [0.2, 0.25) is 5.02 Å². The van der Waals surface area contributed by atoms with Crippen molar-refractivity contribution in [1.82, 2.24) is 14.5 Å². The molecule has 0 N–H and O–H groups in total. The summed E-state index contributed by atoms with van der Waals surface area (Å²) in [7, 11) is 3.26. The van der Waals surface area contributed by atoms with Crippen LogP contribution in [-0.4, -0.2) is 47.7 Å². The highest BCUT2D eigenvalue weighted by Gasteiger charge is 2.29. The van der Waals surface area contributed by atoms with Gasteiger partial charge in [0.15, 0.2) is 0 Å². The molecule has 2 aromatic heterocycles. The zero-order valence-corrected chi connectivity index (χ0v) is 20.4. The maximum Gasteiger partial charge on any atom is 0.271 e. The van der Waals surface area contributed by atoms with Gasteiger partial charge in [-0.2, -0.15) is 0 Å². The fourth-order valence-electron chi connectivity index (χ4n) is 4.84. The first kappa shape index (κ1) is 23.3. The fraction of sp³-hybridized carbons (Fsp3) is 0.259. The van der Waals surface area contributed by atoms with E-state index in [-0.39, 0.29) is 22.4 Å². The van der Waals surface area contributed by atoms with Crippen LogP contribution < -0.4 is 15.2 Å². The zero-order valence-electron chi connectivity index (χ0n) is 19.6. The Balaban J connectivity index is 1.49. The smallest absolute Gasteiger partial charge is 0.271 e. The van der Waals surface area contributed by atoms with Gasteiger partial charge in [0.05, 0.1) is 24.4 Å². The lowest BCUT2D eigenvalue weighted by atomic mass is 9.96. The van der Waals surface area contributed by atoms with Gasteiger partial charge in [-0.1, -0.05) is 54.1 Å². The first-order chi connectivity index (χ1) is 17.0. The molecule has 0 amide bonds. The fourth-order valence-corrected chi connectivity index (χ4v) is 5.18. The summed E-state index contributed by atoms with van der Waals surface area (Å²) in [6.07, 6.45) is 0. The van der Waals surface area contributed by atoms with Crippen molar-refractivity contribution in [2.75, 3.05) is 38.2 Å². The number of anilines is 1. The number of ether oxygens (including phenoxy) is 1. The topological polar surface area (TPSA) is 50.6 Å². The van der Waals surface area contributed by atoms with Crippen molar-refractivity contribution < 1.29 is 9.13 Å². The third kappa shape index (κ3) is 4.37. The average molecular weight is 493 g/mol. The van der Waals surface area contributed by atoms with E-state index in [4.69, 9.17) is 16.3 Å². The van der Waals surface area contributed by atoms with Crippen LogP contribution in [0, 0.1) is 5.82 Å². The van der Waals surface area contributed by atoms with Gasteiger partial charge in [-0.15, -0.1) is 0 Å². The lowest BCUT2D eigenvalue weighted by Crippen LogP contribution is -2.48. The summed E-state index contributed by atoms with van der Waals surface area (Å²) in [5.41, 5.74) is 3.91. The van der Waals surface area contributed by atoms with Crippen LogP contribution in [0.4, 0.5) is 10.1 Å². The predicted molar refractivity (Wildman–Crippen MR) is 137 cm³/mol. The molecule has 0 radical (unpaired) electrons. The van der Waals surface area contributed by atoms with Crippen molar-refractivity contribution in [1.29, 1.82) is 0 Å². The Kier molecular flexibility index (Phi) is 6.45. The molecular formula is C27H26ClFN4O2. The van der Waals surface area contributed by atoms with Crippen molar-refractivity contribution in [3.05, 3.63) is 99.1 Å². The van der Waals surface area contributed by atoms with Gasteiger partial charge in [0, 0.05) is 39.3 Å². The van der Waals surface area contributed by atoms with Crippen LogP contribution in [0.3, 0.4) is 0 Å². The molecular weight excluding hydrogens is 467 g/mol. The number of hydrogen-bond donors (Lipinski definition) is 0. The Morgan fingerprint density at radius 3 is 2.26 bits per heavy atom. The SMILES string of the molecule is COc1ccc2c(n1)c(N1CCN(C(c3ccccc3)c3ccc(F)cc3)CC1)c(Cl)c(=O)n2C. The van der Waals surface area contributed by atoms with E-state index in [1.807, 2.05) is 36.4 Å². The summed E-state index contributed by atoms with van der Waals surface area (Å²) >= 11 is 6.61. The number of pyridine rings is 2. The molecule has 3 heterocycles. The molecule has 8 heteroatoms. The maximum absolute atomic E-state index is 13.6. The molecule has 0 bridgehead atoms. The average Bonchev–Trinajstić information content (AvgIpc) is 2.90. The molecule has 6 nitrogen and oxygen atoms in total. The van der Waals surface area contributed by atoms with Gasteiger partial charge >= 0.3 is 0 Å². The number of rotatable bonds is 5. The predicted octanol–water partition coefficient (Wildman–Crippen LogP) is 4.65. The maximum atomic E-state index is 13.6. The second kappa shape index (κ2) is 9.68. The molecule has 1 fully saturated rings. The number of piperazine rings is 1. The number of hydrogen-bond acceptors (Lipinski definition) is 5. The number of aryl methyl sites for hydroxylation is 1. The molecule has 1 saturated heterocycles. The van der Waals surface area contributed by atoms with E-state index in [0.717, 1.165) is 24.2 Å². The first-order valence-corrected chi connectivity index (χ1v) is 11.9. The van der Waals surface area contributed by atoms with E-state index in [9.17, 15) is 9.18 Å². The van der Waals surface area contributed by atoms with Crippen molar-refractivity contribution in [2.24, 2.45) is 7.05 Å². The Bertz CT molecular complexity index is 1400. The summed E-state index contributed by atoms with van der Waals surface area (Å²) in [4.78, 5) is 22.0. The minimum absolute atomic E-state index is 0.00646. The minimum atomic E-state index is -0.253. The third-order valence-electron chi connectivity index (χ3n) is 6.64. The molecule has 35 heavy (non-hydrogen) atoms. The largest absolute Gasteiger partial charge is 0.481 e. The van der Waals surface area contributed by atoms with Crippen molar-refractivity contribution in [3.63, 3.8) is 0 Å². The van der Waals surface area contributed by atoms with Gasteiger partial charge in [0.1, 0.15) is 16.4 Å². The minimum Gasteiger partial charge on any atom is -0.481 e. The monoisotopic (exact) mass is 492 g/mol. The van der Waals surface area contributed by atoms with Crippen molar-refractivity contribution >= 4 is 28.3 Å². The van der Waals surface area contributed by atoms with E-state index >= 15 is 0 Å². The summed E-state index contributed by atoms with van der Waals surface area (Å²) in [6, 6.07) is 20.5. The van der Waals surface area contributed by atoms with Gasteiger partial charge in [0.2, 0.25) is 5.88 Å². The van der Waals surface area contributed by atoms with Crippen LogP contribution in [0.25, 0.3) is 11.0 Å². The molecule has 0 saturated carbocycles. The molecule has 4 aromatic rings. The van der Waals surface area contributed by atoms with Gasteiger partial charge in [-0.05, 0) is 29.3 Å². The van der Waals surface area contributed by atoms with Crippen LogP contribution in [0.1, 0.15) is 17.2 Å². The lowest BCUT2D eigenvalue weighted by molar-refractivity contribution is 0.212. The Labute approximate surface area is 208 Å². The Hall–Kier alpha value is -3.42. The molecule has 5 rings (SSSR count). The van der Waals surface area contributed by atoms with Crippen molar-refractivity contribution in [2.45, 2.75) is 6.04 Å². The molecule has 1 unspecified atom stereocenters. The standard InChI is InChI=1S/C27H26ClFN4O2/c1-31-21-12-13-22(35-2)30-24(21)26(23(28)27(31)34)33-16-14-32(15-17-33)25(18-6-4-3-5-7-18)19-8-10-20(29)11-9-19/h3-13,25H,14-17H2,1-2H3. The number of methoxy groups -OCH3 is 1. The first-order valence-electron chi connectivity index (χ1n) is 11.5. The zero-order chi connectivity index (χ0) is 24.5. The molecule has 180 valence electrons. The van der Waals surface area contributed by atoms with E-state index in [2.05, 4.69) is 26.9 Å². The highest BCUT2D eigenvalue weighted by atomic mass is 35.5. The number of nitrogens with zero attached hydrogens (tertiary/aromatic N) is 4. The van der Waals surface area contributed by atoms with Crippen molar-refractivity contribution in [3.8, 4) is 5.88 Å².